The van der Waals surface area contributed by atoms with E-state index in [1.54, 1.807) is 6.07 Å². The van der Waals surface area contributed by atoms with E-state index < -0.39 is 0 Å². The molecule has 2 aromatic rings. The van der Waals surface area contributed by atoms with Crippen molar-refractivity contribution in [3.8, 4) is 0 Å². The minimum absolute atomic E-state index is 0.286. The first-order valence-electron chi connectivity index (χ1n) is 6.33. The zero-order chi connectivity index (χ0) is 15.5. The van der Waals surface area contributed by atoms with E-state index in [1.165, 1.54) is 12.1 Å². The van der Waals surface area contributed by atoms with Crippen molar-refractivity contribution in [3.05, 3.63) is 69.5 Å². The summed E-state index contributed by atoms with van der Waals surface area (Å²) < 4.78 is 13.5. The standard InChI is InChI=1S/C16H13Br2Cl2F/c17-9-16(10-18,13-3-1-2-4-15(13)20)8-11-7-12(21)5-6-14(11)19/h1-7H,8-10H2. The number of hydrogen-bond donors (Lipinski definition) is 0. The Morgan fingerprint density at radius 2 is 1.62 bits per heavy atom. The third kappa shape index (κ3) is 3.82. The summed E-state index contributed by atoms with van der Waals surface area (Å²) in [5, 5.41) is 2.63. The maximum atomic E-state index is 13.5. The average molecular weight is 455 g/mol. The topological polar surface area (TPSA) is 0 Å². The SMILES string of the molecule is Fc1ccc(Cl)c(CC(CBr)(CBr)c2ccccc2Cl)c1. The Balaban J connectivity index is 2.48. The Morgan fingerprint density at radius 3 is 2.24 bits per heavy atom. The normalized spacial score (nSPS) is 11.7. The van der Waals surface area contributed by atoms with E-state index in [2.05, 4.69) is 31.9 Å². The molecule has 2 aromatic carbocycles. The van der Waals surface area contributed by atoms with E-state index in [0.29, 0.717) is 27.1 Å². The summed E-state index contributed by atoms with van der Waals surface area (Å²) in [4.78, 5) is 0. The van der Waals surface area contributed by atoms with Gasteiger partial charge in [0.1, 0.15) is 5.82 Å². The van der Waals surface area contributed by atoms with E-state index in [-0.39, 0.29) is 11.2 Å². The third-order valence-corrected chi connectivity index (χ3v) is 6.34. The van der Waals surface area contributed by atoms with Crippen LogP contribution in [0.15, 0.2) is 42.5 Å². The van der Waals surface area contributed by atoms with Crippen LogP contribution in [0.5, 0.6) is 0 Å². The molecule has 112 valence electrons. The number of alkyl halides is 2. The molecule has 0 aliphatic carbocycles. The molecular formula is C16H13Br2Cl2F. The van der Waals surface area contributed by atoms with E-state index in [1.807, 2.05) is 24.3 Å². The lowest BCUT2D eigenvalue weighted by Gasteiger charge is -2.32. The van der Waals surface area contributed by atoms with E-state index in [4.69, 9.17) is 23.2 Å². The van der Waals surface area contributed by atoms with Crippen LogP contribution >= 0.6 is 55.1 Å². The molecule has 0 radical (unpaired) electrons. The van der Waals surface area contributed by atoms with Gasteiger partial charge in [0.15, 0.2) is 0 Å². The molecule has 0 fully saturated rings. The van der Waals surface area contributed by atoms with Gasteiger partial charge in [0.2, 0.25) is 0 Å². The second-order valence-corrected chi connectivity index (χ2v) is 6.88. The van der Waals surface area contributed by atoms with Gasteiger partial charge in [0, 0.05) is 26.1 Å². The van der Waals surface area contributed by atoms with Crippen LogP contribution in [0.1, 0.15) is 11.1 Å². The van der Waals surface area contributed by atoms with Crippen molar-refractivity contribution >= 4 is 55.1 Å². The number of hydrogen-bond acceptors (Lipinski definition) is 0. The van der Waals surface area contributed by atoms with Crippen LogP contribution in [-0.4, -0.2) is 10.7 Å². The van der Waals surface area contributed by atoms with Crippen molar-refractivity contribution in [1.29, 1.82) is 0 Å². The second-order valence-electron chi connectivity index (χ2n) is 4.94. The summed E-state index contributed by atoms with van der Waals surface area (Å²) in [5.74, 6) is -0.286. The van der Waals surface area contributed by atoms with Gasteiger partial charge >= 0.3 is 0 Å². The van der Waals surface area contributed by atoms with Gasteiger partial charge < -0.3 is 0 Å². The molecule has 0 nitrogen and oxygen atoms in total. The molecule has 0 bridgehead atoms. The van der Waals surface area contributed by atoms with Crippen LogP contribution in [0.2, 0.25) is 10.0 Å². The maximum absolute atomic E-state index is 13.5. The summed E-state index contributed by atoms with van der Waals surface area (Å²) in [6, 6.07) is 12.2. The lowest BCUT2D eigenvalue weighted by molar-refractivity contribution is 0.547. The van der Waals surface area contributed by atoms with Crippen LogP contribution < -0.4 is 0 Å². The van der Waals surface area contributed by atoms with Gasteiger partial charge in [-0.05, 0) is 41.8 Å². The van der Waals surface area contributed by atoms with Gasteiger partial charge in [-0.15, -0.1) is 0 Å². The van der Waals surface area contributed by atoms with Gasteiger partial charge in [0.25, 0.3) is 0 Å². The van der Waals surface area contributed by atoms with Gasteiger partial charge in [-0.2, -0.15) is 0 Å². The molecule has 0 saturated carbocycles. The highest BCUT2D eigenvalue weighted by Gasteiger charge is 2.33. The predicted octanol–water partition coefficient (Wildman–Crippen LogP) is 6.40. The van der Waals surface area contributed by atoms with Crippen LogP contribution in [0.4, 0.5) is 4.39 Å². The number of rotatable bonds is 5. The van der Waals surface area contributed by atoms with Crippen LogP contribution in [0.3, 0.4) is 0 Å². The van der Waals surface area contributed by atoms with Crippen molar-refractivity contribution in [2.45, 2.75) is 11.8 Å². The monoisotopic (exact) mass is 452 g/mol. The second kappa shape index (κ2) is 7.45. The highest BCUT2D eigenvalue weighted by atomic mass is 79.9. The molecule has 5 heteroatoms. The van der Waals surface area contributed by atoms with Gasteiger partial charge in [0.05, 0.1) is 0 Å². The van der Waals surface area contributed by atoms with Gasteiger partial charge in [-0.1, -0.05) is 73.3 Å². The summed E-state index contributed by atoms with van der Waals surface area (Å²) >= 11 is 19.7. The Bertz CT molecular complexity index is 627. The van der Waals surface area contributed by atoms with Crippen LogP contribution in [0, 0.1) is 5.82 Å². The number of benzene rings is 2. The highest BCUT2D eigenvalue weighted by molar-refractivity contribution is 9.09. The molecule has 0 aliphatic heterocycles. The quantitative estimate of drug-likeness (QED) is 0.458. The zero-order valence-electron chi connectivity index (χ0n) is 11.1. The molecule has 0 spiro atoms. The third-order valence-electron chi connectivity index (χ3n) is 3.49. The van der Waals surface area contributed by atoms with Crippen molar-refractivity contribution in [2.24, 2.45) is 0 Å². The molecule has 0 N–H and O–H groups in total. The molecule has 21 heavy (non-hydrogen) atoms. The van der Waals surface area contributed by atoms with Crippen molar-refractivity contribution < 1.29 is 4.39 Å². The highest BCUT2D eigenvalue weighted by Crippen LogP contribution is 2.38. The predicted molar refractivity (Wildman–Crippen MR) is 95.8 cm³/mol. The van der Waals surface area contributed by atoms with Crippen LogP contribution in [-0.2, 0) is 11.8 Å². The van der Waals surface area contributed by atoms with Gasteiger partial charge in [-0.3, -0.25) is 0 Å². The first-order valence-corrected chi connectivity index (χ1v) is 9.33. The maximum Gasteiger partial charge on any atom is 0.123 e. The Labute approximate surface area is 150 Å². The Morgan fingerprint density at radius 1 is 0.952 bits per heavy atom. The van der Waals surface area contributed by atoms with Crippen molar-refractivity contribution in [1.82, 2.24) is 0 Å². The molecule has 2 rings (SSSR count). The first kappa shape index (κ1) is 17.3. The lowest BCUT2D eigenvalue weighted by atomic mass is 9.79. The summed E-state index contributed by atoms with van der Waals surface area (Å²) in [5.41, 5.74) is 1.49. The lowest BCUT2D eigenvalue weighted by Crippen LogP contribution is -2.33. The van der Waals surface area contributed by atoms with Crippen LogP contribution in [0.25, 0.3) is 0 Å². The molecule has 0 saturated heterocycles. The molecular weight excluding hydrogens is 442 g/mol. The average Bonchev–Trinajstić information content (AvgIpc) is 2.49. The molecule has 0 atom stereocenters. The minimum Gasteiger partial charge on any atom is -0.207 e. The van der Waals surface area contributed by atoms with E-state index in [9.17, 15) is 4.39 Å². The zero-order valence-corrected chi connectivity index (χ0v) is 15.7. The summed E-state index contributed by atoms with van der Waals surface area (Å²) in [6.07, 6.45) is 0.587. The molecule has 0 aromatic heterocycles. The fraction of sp³-hybridized carbons (Fsp3) is 0.250. The molecule has 0 unspecified atom stereocenters. The first-order chi connectivity index (χ1) is 10.0. The smallest absolute Gasteiger partial charge is 0.123 e. The Hall–Kier alpha value is -0.0900. The number of halogens is 5. The minimum atomic E-state index is -0.296. The fourth-order valence-electron chi connectivity index (χ4n) is 2.30. The van der Waals surface area contributed by atoms with E-state index in [0.717, 1.165) is 11.1 Å². The van der Waals surface area contributed by atoms with Crippen molar-refractivity contribution in [2.75, 3.05) is 10.7 Å². The Kier molecular flexibility index (Phi) is 6.13. The molecule has 0 amide bonds. The van der Waals surface area contributed by atoms with Crippen molar-refractivity contribution in [3.63, 3.8) is 0 Å². The molecule has 0 aliphatic rings. The summed E-state index contributed by atoms with van der Waals surface area (Å²) in [6.45, 7) is 0. The van der Waals surface area contributed by atoms with Gasteiger partial charge in [-0.25, -0.2) is 4.39 Å². The summed E-state index contributed by atoms with van der Waals surface area (Å²) in [7, 11) is 0. The van der Waals surface area contributed by atoms with E-state index >= 15 is 0 Å². The fourth-order valence-corrected chi connectivity index (χ4v) is 4.75. The largest absolute Gasteiger partial charge is 0.207 e. The molecule has 0 heterocycles.